The van der Waals surface area contributed by atoms with E-state index in [1.807, 2.05) is 0 Å². The van der Waals surface area contributed by atoms with Crippen LogP contribution in [0, 0.1) is 17.8 Å². The van der Waals surface area contributed by atoms with E-state index in [2.05, 4.69) is 0 Å². The fourth-order valence-corrected chi connectivity index (χ4v) is 2.72. The zero-order valence-electron chi connectivity index (χ0n) is 6.40. The maximum atomic E-state index is 8.95. The van der Waals surface area contributed by atoms with Crippen molar-refractivity contribution in [2.24, 2.45) is 17.8 Å². The van der Waals surface area contributed by atoms with Crippen LogP contribution in [0.15, 0.2) is 0 Å². The van der Waals surface area contributed by atoms with Crippen molar-refractivity contribution in [2.75, 3.05) is 0 Å². The Bertz CT molecular complexity index is 161. The van der Waals surface area contributed by atoms with Crippen LogP contribution >= 0.6 is 0 Å². The summed E-state index contributed by atoms with van der Waals surface area (Å²) in [4.78, 5) is 0. The Labute approximate surface area is 65.7 Å². The summed E-state index contributed by atoms with van der Waals surface area (Å²) in [5.41, 5.74) is 0. The van der Waals surface area contributed by atoms with Crippen LogP contribution in [0.2, 0.25) is 0 Å². The monoisotopic (exact) mass is 158 g/mol. The topological polar surface area (TPSA) is 60.7 Å². The molecule has 3 N–H and O–H groups in total. The molecule has 0 amide bonds. The standard InChI is InChI=1S/C8H14O3/c9-8(10,11)7-4-5-1-2-6(7)3-5/h5-7,9-11H,1-4H2. The summed E-state index contributed by atoms with van der Waals surface area (Å²) < 4.78 is 0. The molecule has 3 nitrogen and oxygen atoms in total. The van der Waals surface area contributed by atoms with Crippen molar-refractivity contribution >= 4 is 0 Å². The molecule has 2 saturated carbocycles. The van der Waals surface area contributed by atoms with Gasteiger partial charge in [0, 0.05) is 5.92 Å². The summed E-state index contributed by atoms with van der Waals surface area (Å²) in [7, 11) is 0. The quantitative estimate of drug-likeness (QED) is 0.473. The van der Waals surface area contributed by atoms with Gasteiger partial charge in [-0.05, 0) is 31.1 Å². The van der Waals surface area contributed by atoms with Gasteiger partial charge in [-0.25, -0.2) is 0 Å². The van der Waals surface area contributed by atoms with E-state index in [0.29, 0.717) is 11.8 Å². The Morgan fingerprint density at radius 2 is 1.73 bits per heavy atom. The van der Waals surface area contributed by atoms with Gasteiger partial charge in [0.1, 0.15) is 0 Å². The number of rotatable bonds is 1. The van der Waals surface area contributed by atoms with E-state index >= 15 is 0 Å². The van der Waals surface area contributed by atoms with E-state index in [1.165, 1.54) is 6.42 Å². The fourth-order valence-electron chi connectivity index (χ4n) is 2.72. The van der Waals surface area contributed by atoms with E-state index in [0.717, 1.165) is 19.3 Å². The van der Waals surface area contributed by atoms with Gasteiger partial charge in [0.05, 0.1) is 0 Å². The first-order valence-electron chi connectivity index (χ1n) is 4.24. The van der Waals surface area contributed by atoms with Crippen molar-refractivity contribution < 1.29 is 15.3 Å². The third-order valence-corrected chi connectivity index (χ3v) is 3.24. The smallest absolute Gasteiger partial charge is 0.278 e. The lowest BCUT2D eigenvalue weighted by Gasteiger charge is -2.29. The molecule has 0 aromatic heterocycles. The van der Waals surface area contributed by atoms with Crippen molar-refractivity contribution in [3.63, 3.8) is 0 Å². The predicted molar refractivity (Wildman–Crippen MR) is 38.3 cm³/mol. The Morgan fingerprint density at radius 1 is 1.00 bits per heavy atom. The highest BCUT2D eigenvalue weighted by Gasteiger charge is 2.48. The molecule has 2 bridgehead atoms. The molecule has 2 aliphatic carbocycles. The first kappa shape index (κ1) is 7.53. The molecule has 0 aromatic carbocycles. The molecule has 0 radical (unpaired) electrons. The zero-order chi connectivity index (χ0) is 8.06. The van der Waals surface area contributed by atoms with Gasteiger partial charge in [-0.15, -0.1) is 0 Å². The Hall–Kier alpha value is -0.120. The molecule has 0 spiro atoms. The normalized spacial score (nSPS) is 43.4. The first-order chi connectivity index (χ1) is 5.07. The third-order valence-electron chi connectivity index (χ3n) is 3.24. The molecule has 3 heteroatoms. The summed E-state index contributed by atoms with van der Waals surface area (Å²) in [6, 6.07) is 0. The van der Waals surface area contributed by atoms with Crippen molar-refractivity contribution in [1.29, 1.82) is 0 Å². The van der Waals surface area contributed by atoms with E-state index in [9.17, 15) is 0 Å². The van der Waals surface area contributed by atoms with Crippen LogP contribution < -0.4 is 0 Å². The molecular formula is C8H14O3. The highest BCUT2D eigenvalue weighted by molar-refractivity contribution is 4.92. The molecule has 2 rings (SSSR count). The van der Waals surface area contributed by atoms with Crippen LogP contribution in [0.4, 0.5) is 0 Å². The fraction of sp³-hybridized carbons (Fsp3) is 1.00. The minimum atomic E-state index is -2.42. The lowest BCUT2D eigenvalue weighted by Crippen LogP contribution is -2.40. The Morgan fingerprint density at radius 3 is 2.00 bits per heavy atom. The molecule has 2 fully saturated rings. The largest absolute Gasteiger partial charge is 0.343 e. The van der Waals surface area contributed by atoms with Gasteiger partial charge in [-0.1, -0.05) is 6.42 Å². The SMILES string of the molecule is OC(O)(O)C1CC2CCC1C2. The molecule has 0 aliphatic heterocycles. The van der Waals surface area contributed by atoms with Gasteiger partial charge in [-0.3, -0.25) is 0 Å². The number of aliphatic hydroxyl groups is 3. The van der Waals surface area contributed by atoms with Gasteiger partial charge in [0.2, 0.25) is 0 Å². The lowest BCUT2D eigenvalue weighted by molar-refractivity contribution is -0.348. The molecule has 3 unspecified atom stereocenters. The maximum absolute atomic E-state index is 8.95. The second-order valence-corrected chi connectivity index (χ2v) is 3.97. The lowest BCUT2D eigenvalue weighted by atomic mass is 9.87. The van der Waals surface area contributed by atoms with Crippen molar-refractivity contribution in [3.8, 4) is 0 Å². The minimum absolute atomic E-state index is 0.291. The summed E-state index contributed by atoms with van der Waals surface area (Å²) in [5.74, 6) is -1.73. The van der Waals surface area contributed by atoms with Crippen LogP contribution in [0.5, 0.6) is 0 Å². The first-order valence-corrected chi connectivity index (χ1v) is 4.24. The molecular weight excluding hydrogens is 144 g/mol. The molecule has 2 aliphatic rings. The molecule has 0 aromatic rings. The molecule has 64 valence electrons. The number of hydrogen-bond acceptors (Lipinski definition) is 3. The van der Waals surface area contributed by atoms with Gasteiger partial charge in [0.25, 0.3) is 5.97 Å². The Balaban J connectivity index is 2.08. The van der Waals surface area contributed by atoms with Crippen LogP contribution in [0.25, 0.3) is 0 Å². The third kappa shape index (κ3) is 1.17. The summed E-state index contributed by atoms with van der Waals surface area (Å²) >= 11 is 0. The van der Waals surface area contributed by atoms with Crippen LogP contribution in [0.1, 0.15) is 25.7 Å². The molecule has 0 saturated heterocycles. The van der Waals surface area contributed by atoms with Crippen molar-refractivity contribution in [1.82, 2.24) is 0 Å². The van der Waals surface area contributed by atoms with Crippen LogP contribution in [-0.2, 0) is 0 Å². The maximum Gasteiger partial charge on any atom is 0.278 e. The second-order valence-electron chi connectivity index (χ2n) is 3.97. The van der Waals surface area contributed by atoms with E-state index in [4.69, 9.17) is 15.3 Å². The molecule has 0 heterocycles. The van der Waals surface area contributed by atoms with Crippen molar-refractivity contribution in [3.05, 3.63) is 0 Å². The number of fused-ring (bicyclic) bond motifs is 2. The Kier molecular flexibility index (Phi) is 1.50. The van der Waals surface area contributed by atoms with E-state index < -0.39 is 5.97 Å². The van der Waals surface area contributed by atoms with Crippen LogP contribution in [0.3, 0.4) is 0 Å². The zero-order valence-corrected chi connectivity index (χ0v) is 6.40. The van der Waals surface area contributed by atoms with E-state index in [1.54, 1.807) is 0 Å². The molecule has 3 atom stereocenters. The summed E-state index contributed by atoms with van der Waals surface area (Å²) in [6.07, 6.45) is 4.12. The van der Waals surface area contributed by atoms with Gasteiger partial charge in [-0.2, -0.15) is 0 Å². The average molecular weight is 158 g/mol. The molecule has 11 heavy (non-hydrogen) atoms. The van der Waals surface area contributed by atoms with E-state index in [-0.39, 0.29) is 5.92 Å². The van der Waals surface area contributed by atoms with Crippen LogP contribution in [-0.4, -0.2) is 21.3 Å². The van der Waals surface area contributed by atoms with Crippen molar-refractivity contribution in [2.45, 2.75) is 31.7 Å². The minimum Gasteiger partial charge on any atom is -0.343 e. The van der Waals surface area contributed by atoms with Gasteiger partial charge < -0.3 is 15.3 Å². The number of hydrogen-bond donors (Lipinski definition) is 3. The highest BCUT2D eigenvalue weighted by Crippen LogP contribution is 2.50. The highest BCUT2D eigenvalue weighted by atomic mass is 16.7. The summed E-state index contributed by atoms with van der Waals surface area (Å²) in [6.45, 7) is 0. The average Bonchev–Trinajstić information content (AvgIpc) is 2.42. The predicted octanol–water partition coefficient (Wildman–Crippen LogP) is 0.0533. The van der Waals surface area contributed by atoms with Gasteiger partial charge in [0.15, 0.2) is 0 Å². The summed E-state index contributed by atoms with van der Waals surface area (Å²) in [5, 5.41) is 26.9. The second kappa shape index (κ2) is 2.19. The van der Waals surface area contributed by atoms with Gasteiger partial charge >= 0.3 is 0 Å².